The third-order valence-electron chi connectivity index (χ3n) is 3.02. The lowest BCUT2D eigenvalue weighted by atomic mass is 10.2. The van der Waals surface area contributed by atoms with Crippen LogP contribution in [0.2, 0.25) is 0 Å². The molecule has 0 aliphatic carbocycles. The summed E-state index contributed by atoms with van der Waals surface area (Å²) >= 11 is 3.48. The zero-order valence-corrected chi connectivity index (χ0v) is 12.9. The van der Waals surface area contributed by atoms with Crippen molar-refractivity contribution in [3.63, 3.8) is 0 Å². The number of carbonyl (C=O) groups excluding carboxylic acids is 1. The van der Waals surface area contributed by atoms with Crippen molar-refractivity contribution in [3.8, 4) is 0 Å². The fourth-order valence-corrected chi connectivity index (χ4v) is 2.38. The Morgan fingerprint density at radius 1 is 1.10 bits per heavy atom. The number of anilines is 1. The zero-order chi connectivity index (χ0) is 14.4. The molecular formula is C16H17BrN2O. The zero-order valence-electron chi connectivity index (χ0n) is 11.3. The van der Waals surface area contributed by atoms with Gasteiger partial charge in [0.2, 0.25) is 0 Å². The number of halogens is 1. The molecule has 2 aromatic rings. The average molecular weight is 333 g/mol. The van der Waals surface area contributed by atoms with E-state index in [1.807, 2.05) is 61.5 Å². The van der Waals surface area contributed by atoms with E-state index in [-0.39, 0.29) is 6.03 Å². The maximum atomic E-state index is 12.3. The molecule has 4 heteroatoms. The Balaban J connectivity index is 2.02. The van der Waals surface area contributed by atoms with Gasteiger partial charge in [-0.3, -0.25) is 4.90 Å². The molecular weight excluding hydrogens is 316 g/mol. The second kappa shape index (κ2) is 7.10. The first-order valence-electron chi connectivity index (χ1n) is 6.56. The molecule has 0 unspecified atom stereocenters. The van der Waals surface area contributed by atoms with Crippen molar-refractivity contribution in [1.29, 1.82) is 0 Å². The Morgan fingerprint density at radius 3 is 2.40 bits per heavy atom. The van der Waals surface area contributed by atoms with Crippen molar-refractivity contribution < 1.29 is 4.79 Å². The van der Waals surface area contributed by atoms with E-state index in [2.05, 4.69) is 21.2 Å². The summed E-state index contributed by atoms with van der Waals surface area (Å²) in [5, 5.41) is 2.95. The monoisotopic (exact) mass is 332 g/mol. The minimum absolute atomic E-state index is 0.0885. The summed E-state index contributed by atoms with van der Waals surface area (Å²) in [6, 6.07) is 17.4. The van der Waals surface area contributed by atoms with Gasteiger partial charge in [0.25, 0.3) is 0 Å². The Kier molecular flexibility index (Phi) is 5.18. The van der Waals surface area contributed by atoms with Crippen molar-refractivity contribution in [2.45, 2.75) is 13.5 Å². The molecule has 0 aromatic heterocycles. The van der Waals surface area contributed by atoms with Crippen LogP contribution in [0.3, 0.4) is 0 Å². The van der Waals surface area contributed by atoms with Crippen molar-refractivity contribution in [2.24, 2.45) is 0 Å². The lowest BCUT2D eigenvalue weighted by molar-refractivity contribution is 0.246. The predicted molar refractivity (Wildman–Crippen MR) is 85.8 cm³/mol. The standard InChI is InChI=1S/C16H17BrN2O/c1-2-19(14-9-4-3-5-10-14)16(20)18-12-13-8-6-7-11-15(13)17/h3-11H,2,12H2,1H3,(H,18,20). The largest absolute Gasteiger partial charge is 0.334 e. The smallest absolute Gasteiger partial charge is 0.322 e. The number of para-hydroxylation sites is 1. The van der Waals surface area contributed by atoms with E-state index in [9.17, 15) is 4.79 Å². The van der Waals surface area contributed by atoms with Crippen molar-refractivity contribution >= 4 is 27.6 Å². The molecule has 2 aromatic carbocycles. The van der Waals surface area contributed by atoms with Gasteiger partial charge in [0.15, 0.2) is 0 Å². The van der Waals surface area contributed by atoms with Gasteiger partial charge in [-0.05, 0) is 30.7 Å². The Bertz CT molecular complexity index is 572. The van der Waals surface area contributed by atoms with Gasteiger partial charge < -0.3 is 5.32 Å². The van der Waals surface area contributed by atoms with Crippen LogP contribution in [0.1, 0.15) is 12.5 Å². The lowest BCUT2D eigenvalue weighted by Crippen LogP contribution is -2.39. The third-order valence-corrected chi connectivity index (χ3v) is 3.79. The van der Waals surface area contributed by atoms with Gasteiger partial charge in [-0.1, -0.05) is 52.3 Å². The van der Waals surface area contributed by atoms with E-state index in [0.717, 1.165) is 15.7 Å². The van der Waals surface area contributed by atoms with E-state index in [1.54, 1.807) is 4.90 Å². The van der Waals surface area contributed by atoms with Crippen LogP contribution in [0, 0.1) is 0 Å². The lowest BCUT2D eigenvalue weighted by Gasteiger charge is -2.21. The molecule has 0 spiro atoms. The molecule has 1 N–H and O–H groups in total. The highest BCUT2D eigenvalue weighted by atomic mass is 79.9. The van der Waals surface area contributed by atoms with Gasteiger partial charge in [0.1, 0.15) is 0 Å². The number of rotatable bonds is 4. The van der Waals surface area contributed by atoms with Crippen LogP contribution in [0.4, 0.5) is 10.5 Å². The number of carbonyl (C=O) groups is 1. The number of hydrogen-bond donors (Lipinski definition) is 1. The Labute approximate surface area is 127 Å². The first-order chi connectivity index (χ1) is 9.72. The highest BCUT2D eigenvalue weighted by Crippen LogP contribution is 2.16. The molecule has 0 fully saturated rings. The van der Waals surface area contributed by atoms with Gasteiger partial charge in [-0.2, -0.15) is 0 Å². The topological polar surface area (TPSA) is 32.3 Å². The fourth-order valence-electron chi connectivity index (χ4n) is 1.96. The molecule has 0 aliphatic heterocycles. The number of hydrogen-bond acceptors (Lipinski definition) is 1. The van der Waals surface area contributed by atoms with Crippen molar-refractivity contribution in [1.82, 2.24) is 5.32 Å². The van der Waals surface area contributed by atoms with Gasteiger partial charge >= 0.3 is 6.03 Å². The summed E-state index contributed by atoms with van der Waals surface area (Å²) in [6.07, 6.45) is 0. The van der Waals surface area contributed by atoms with Crippen LogP contribution < -0.4 is 10.2 Å². The summed E-state index contributed by atoms with van der Waals surface area (Å²) in [7, 11) is 0. The molecule has 0 atom stereocenters. The molecule has 0 aliphatic rings. The van der Waals surface area contributed by atoms with Crippen LogP contribution in [-0.2, 0) is 6.54 Å². The summed E-state index contributed by atoms with van der Waals surface area (Å²) < 4.78 is 1.00. The third kappa shape index (κ3) is 3.61. The minimum Gasteiger partial charge on any atom is -0.334 e. The van der Waals surface area contributed by atoms with Gasteiger partial charge in [-0.15, -0.1) is 0 Å². The highest BCUT2D eigenvalue weighted by Gasteiger charge is 2.13. The van der Waals surface area contributed by atoms with Crippen LogP contribution in [0.15, 0.2) is 59.1 Å². The first-order valence-corrected chi connectivity index (χ1v) is 7.35. The van der Waals surface area contributed by atoms with Crippen LogP contribution in [0.5, 0.6) is 0 Å². The molecule has 20 heavy (non-hydrogen) atoms. The molecule has 0 heterocycles. The summed E-state index contributed by atoms with van der Waals surface area (Å²) in [6.45, 7) is 3.10. The predicted octanol–water partition coefficient (Wildman–Crippen LogP) is 4.19. The van der Waals surface area contributed by atoms with Gasteiger partial charge in [0.05, 0.1) is 0 Å². The highest BCUT2D eigenvalue weighted by molar-refractivity contribution is 9.10. The molecule has 0 radical (unpaired) electrons. The summed E-state index contributed by atoms with van der Waals surface area (Å²) in [4.78, 5) is 14.0. The normalized spacial score (nSPS) is 10.1. The van der Waals surface area contributed by atoms with Gasteiger partial charge in [0, 0.05) is 23.2 Å². The average Bonchev–Trinajstić information content (AvgIpc) is 2.48. The van der Waals surface area contributed by atoms with E-state index < -0.39 is 0 Å². The molecule has 0 bridgehead atoms. The molecule has 2 rings (SSSR count). The van der Waals surface area contributed by atoms with E-state index in [0.29, 0.717) is 13.1 Å². The molecule has 2 amide bonds. The maximum absolute atomic E-state index is 12.3. The van der Waals surface area contributed by atoms with Crippen molar-refractivity contribution in [3.05, 3.63) is 64.6 Å². The summed E-state index contributed by atoms with van der Waals surface area (Å²) in [5.74, 6) is 0. The molecule has 104 valence electrons. The van der Waals surface area contributed by atoms with Gasteiger partial charge in [-0.25, -0.2) is 4.79 Å². The quantitative estimate of drug-likeness (QED) is 0.894. The van der Waals surface area contributed by atoms with Crippen LogP contribution in [-0.4, -0.2) is 12.6 Å². The number of amides is 2. The van der Waals surface area contributed by atoms with Crippen molar-refractivity contribution in [2.75, 3.05) is 11.4 Å². The second-order valence-electron chi connectivity index (χ2n) is 4.33. The molecule has 3 nitrogen and oxygen atoms in total. The van der Waals surface area contributed by atoms with Crippen LogP contribution in [0.25, 0.3) is 0 Å². The van der Waals surface area contributed by atoms with E-state index in [1.165, 1.54) is 0 Å². The maximum Gasteiger partial charge on any atom is 0.322 e. The Hall–Kier alpha value is -1.81. The van der Waals surface area contributed by atoms with E-state index >= 15 is 0 Å². The number of nitrogens with one attached hydrogen (secondary N) is 1. The fraction of sp³-hybridized carbons (Fsp3) is 0.188. The second-order valence-corrected chi connectivity index (χ2v) is 5.18. The molecule has 0 saturated heterocycles. The minimum atomic E-state index is -0.0885. The molecule has 0 saturated carbocycles. The van der Waals surface area contributed by atoms with Crippen LogP contribution >= 0.6 is 15.9 Å². The number of urea groups is 1. The van der Waals surface area contributed by atoms with E-state index in [4.69, 9.17) is 0 Å². The number of nitrogens with zero attached hydrogens (tertiary/aromatic N) is 1. The summed E-state index contributed by atoms with van der Waals surface area (Å²) in [5.41, 5.74) is 1.96. The SMILES string of the molecule is CCN(C(=O)NCc1ccccc1Br)c1ccccc1. The Morgan fingerprint density at radius 2 is 1.75 bits per heavy atom. The number of benzene rings is 2. The first kappa shape index (κ1) is 14.6.